The molecule has 0 bridgehead atoms. The maximum Gasteiger partial charge on any atom is 0.346 e. The van der Waals surface area contributed by atoms with Crippen LogP contribution in [0.2, 0.25) is 0 Å². The smallest absolute Gasteiger partial charge is 0.211 e. The van der Waals surface area contributed by atoms with E-state index >= 15 is 0 Å². The van der Waals surface area contributed by atoms with Crippen molar-refractivity contribution in [1.29, 1.82) is 0 Å². The SMILES string of the molecule is O=S(=O)(Sc1ccccc1)C(F)F. The molecule has 13 heavy (non-hydrogen) atoms. The Morgan fingerprint density at radius 2 is 1.69 bits per heavy atom. The first kappa shape index (κ1) is 10.5. The molecule has 0 atom stereocenters. The van der Waals surface area contributed by atoms with Crippen LogP contribution in [-0.2, 0) is 8.87 Å². The van der Waals surface area contributed by atoms with Gasteiger partial charge in [-0.05, 0) is 12.1 Å². The molecule has 0 fully saturated rings. The molecule has 72 valence electrons. The first-order chi connectivity index (χ1) is 6.02. The van der Waals surface area contributed by atoms with Crippen LogP contribution in [0.15, 0.2) is 35.2 Å². The molecule has 0 amide bonds. The number of hydrogen-bond donors (Lipinski definition) is 0. The third-order valence-corrected chi connectivity index (χ3v) is 4.02. The van der Waals surface area contributed by atoms with Gasteiger partial charge in [-0.1, -0.05) is 18.2 Å². The van der Waals surface area contributed by atoms with Crippen LogP contribution in [-0.4, -0.2) is 14.2 Å². The summed E-state index contributed by atoms with van der Waals surface area (Å²) in [5.74, 6) is -3.34. The first-order valence-corrected chi connectivity index (χ1v) is 6.17. The van der Waals surface area contributed by atoms with Gasteiger partial charge in [0.05, 0.1) is 0 Å². The van der Waals surface area contributed by atoms with Gasteiger partial charge in [0.2, 0.25) is 0 Å². The van der Waals surface area contributed by atoms with E-state index in [4.69, 9.17) is 0 Å². The van der Waals surface area contributed by atoms with Crippen LogP contribution in [0.4, 0.5) is 8.78 Å². The summed E-state index contributed by atoms with van der Waals surface area (Å²) in [6, 6.07) is 7.78. The molecule has 0 spiro atoms. The molecule has 0 heterocycles. The predicted molar refractivity (Wildman–Crippen MR) is 47.2 cm³/mol. The highest BCUT2D eigenvalue weighted by Crippen LogP contribution is 2.28. The monoisotopic (exact) mass is 224 g/mol. The Hall–Kier alpha value is -0.620. The van der Waals surface area contributed by atoms with Crippen LogP contribution < -0.4 is 0 Å². The maximum absolute atomic E-state index is 11.9. The van der Waals surface area contributed by atoms with Gasteiger partial charge in [-0.2, -0.15) is 8.78 Å². The van der Waals surface area contributed by atoms with Crippen LogP contribution in [0.25, 0.3) is 0 Å². The molecule has 6 heteroatoms. The van der Waals surface area contributed by atoms with Gasteiger partial charge in [0.15, 0.2) is 0 Å². The quantitative estimate of drug-likeness (QED) is 0.739. The topological polar surface area (TPSA) is 34.1 Å². The summed E-state index contributed by atoms with van der Waals surface area (Å²) in [6.45, 7) is 0. The second kappa shape index (κ2) is 4.06. The van der Waals surface area contributed by atoms with Crippen LogP contribution in [0.1, 0.15) is 0 Å². The molecule has 0 unspecified atom stereocenters. The second-order valence-electron chi connectivity index (χ2n) is 2.15. The van der Waals surface area contributed by atoms with Crippen LogP contribution in [0, 0.1) is 0 Å². The number of hydrogen-bond acceptors (Lipinski definition) is 3. The van der Waals surface area contributed by atoms with Crippen molar-refractivity contribution in [3.8, 4) is 0 Å². The Labute approximate surface area is 78.3 Å². The number of alkyl halides is 2. The fourth-order valence-electron chi connectivity index (χ4n) is 0.647. The molecule has 1 aromatic carbocycles. The zero-order chi connectivity index (χ0) is 9.90. The summed E-state index contributed by atoms with van der Waals surface area (Å²) in [5.41, 5.74) is 0. The normalized spacial score (nSPS) is 11.9. The Bertz CT molecular complexity index is 361. The van der Waals surface area contributed by atoms with Crippen molar-refractivity contribution >= 4 is 19.7 Å². The lowest BCUT2D eigenvalue weighted by molar-refractivity contribution is 0.238. The van der Waals surface area contributed by atoms with Crippen molar-refractivity contribution in [2.45, 2.75) is 10.7 Å². The summed E-state index contributed by atoms with van der Waals surface area (Å²) in [7, 11) is -4.19. The third kappa shape index (κ3) is 2.96. The predicted octanol–water partition coefficient (Wildman–Crippen LogP) is 2.33. The van der Waals surface area contributed by atoms with E-state index in [2.05, 4.69) is 0 Å². The molecule has 0 N–H and O–H groups in total. The molecule has 1 rings (SSSR count). The zero-order valence-corrected chi connectivity index (χ0v) is 7.99. The van der Waals surface area contributed by atoms with Gasteiger partial charge in [0, 0.05) is 15.7 Å². The van der Waals surface area contributed by atoms with Gasteiger partial charge in [0.25, 0.3) is 8.87 Å². The van der Waals surface area contributed by atoms with E-state index in [0.29, 0.717) is 4.90 Å². The summed E-state index contributed by atoms with van der Waals surface area (Å²) < 4.78 is 45.2. The summed E-state index contributed by atoms with van der Waals surface area (Å²) in [4.78, 5) is 0.294. The summed E-state index contributed by atoms with van der Waals surface area (Å²) in [6.07, 6.45) is 0. The highest BCUT2D eigenvalue weighted by Gasteiger charge is 2.25. The van der Waals surface area contributed by atoms with Crippen molar-refractivity contribution in [3.63, 3.8) is 0 Å². The van der Waals surface area contributed by atoms with E-state index in [1.165, 1.54) is 12.1 Å². The third-order valence-electron chi connectivity index (χ3n) is 1.17. The van der Waals surface area contributed by atoms with Gasteiger partial charge in [-0.3, -0.25) is 0 Å². The first-order valence-electron chi connectivity index (χ1n) is 3.29. The second-order valence-corrected chi connectivity index (χ2v) is 6.02. The largest absolute Gasteiger partial charge is 0.346 e. The van der Waals surface area contributed by atoms with Crippen molar-refractivity contribution < 1.29 is 17.2 Å². The fraction of sp³-hybridized carbons (Fsp3) is 0.143. The Morgan fingerprint density at radius 1 is 1.15 bits per heavy atom. The highest BCUT2D eigenvalue weighted by atomic mass is 33.1. The molecule has 0 aliphatic carbocycles. The summed E-state index contributed by atoms with van der Waals surface area (Å²) in [5, 5.41) is 0. The molecule has 0 saturated carbocycles. The lowest BCUT2D eigenvalue weighted by atomic mass is 10.4. The van der Waals surface area contributed by atoms with Crippen molar-refractivity contribution in [2.24, 2.45) is 0 Å². The molecular weight excluding hydrogens is 218 g/mol. The standard InChI is InChI=1S/C7H6F2O2S2/c8-7(9)13(10,11)12-6-4-2-1-3-5-6/h1-5,7H. The zero-order valence-electron chi connectivity index (χ0n) is 6.35. The molecule has 0 aliphatic heterocycles. The van der Waals surface area contributed by atoms with Gasteiger partial charge in [-0.15, -0.1) is 0 Å². The van der Waals surface area contributed by atoms with Gasteiger partial charge in [-0.25, -0.2) is 8.42 Å². The van der Waals surface area contributed by atoms with Crippen LogP contribution >= 0.6 is 10.8 Å². The average molecular weight is 224 g/mol. The van der Waals surface area contributed by atoms with Crippen molar-refractivity contribution in [1.82, 2.24) is 0 Å². The number of benzene rings is 1. The van der Waals surface area contributed by atoms with Crippen LogP contribution in [0.3, 0.4) is 0 Å². The minimum Gasteiger partial charge on any atom is -0.211 e. The maximum atomic E-state index is 11.9. The fourth-order valence-corrected chi connectivity index (χ4v) is 2.61. The van der Waals surface area contributed by atoms with E-state index in [-0.39, 0.29) is 10.8 Å². The van der Waals surface area contributed by atoms with Gasteiger partial charge in [0.1, 0.15) is 0 Å². The Morgan fingerprint density at radius 3 is 2.15 bits per heavy atom. The van der Waals surface area contributed by atoms with Crippen molar-refractivity contribution in [2.75, 3.05) is 0 Å². The average Bonchev–Trinajstić information content (AvgIpc) is 2.05. The lowest BCUT2D eigenvalue weighted by Crippen LogP contribution is -2.05. The Balaban J connectivity index is 2.82. The molecule has 1 aromatic rings. The van der Waals surface area contributed by atoms with Gasteiger partial charge >= 0.3 is 5.76 Å². The minimum atomic E-state index is -4.37. The molecular formula is C7H6F2O2S2. The van der Waals surface area contributed by atoms with E-state index in [9.17, 15) is 17.2 Å². The molecule has 0 aliphatic rings. The van der Waals surface area contributed by atoms with Gasteiger partial charge < -0.3 is 0 Å². The lowest BCUT2D eigenvalue weighted by Gasteiger charge is -2.00. The minimum absolute atomic E-state index is 0.176. The highest BCUT2D eigenvalue weighted by molar-refractivity contribution is 8.72. The number of halogens is 2. The molecule has 0 saturated heterocycles. The molecule has 2 nitrogen and oxygen atoms in total. The van der Waals surface area contributed by atoms with E-state index in [1.807, 2.05) is 0 Å². The number of rotatable bonds is 3. The van der Waals surface area contributed by atoms with Crippen LogP contribution in [0.5, 0.6) is 0 Å². The van der Waals surface area contributed by atoms with E-state index < -0.39 is 14.6 Å². The van der Waals surface area contributed by atoms with Crippen molar-refractivity contribution in [3.05, 3.63) is 30.3 Å². The summed E-state index contributed by atoms with van der Waals surface area (Å²) >= 11 is 0. The molecule has 0 radical (unpaired) electrons. The van der Waals surface area contributed by atoms with E-state index in [1.54, 1.807) is 18.2 Å². The van der Waals surface area contributed by atoms with E-state index in [0.717, 1.165) is 0 Å². The molecule has 0 aromatic heterocycles. The Kier molecular flexibility index (Phi) is 3.27.